The normalized spacial score (nSPS) is 29.8. The molecule has 2 nitrogen and oxygen atoms in total. The Hall–Kier alpha value is -1.57. The molecule has 2 bridgehead atoms. The summed E-state index contributed by atoms with van der Waals surface area (Å²) in [6.07, 6.45) is 5.63. The Morgan fingerprint density at radius 3 is 2.65 bits per heavy atom. The van der Waals surface area contributed by atoms with Gasteiger partial charge in [0, 0.05) is 17.1 Å². The monoisotopic (exact) mass is 225 g/mol. The lowest BCUT2D eigenvalue weighted by Gasteiger charge is -2.62. The third-order valence-corrected chi connectivity index (χ3v) is 4.58. The summed E-state index contributed by atoms with van der Waals surface area (Å²) < 4.78 is 1.99. The van der Waals surface area contributed by atoms with Crippen LogP contribution in [0.1, 0.15) is 24.8 Å². The molecule has 0 spiro atoms. The second kappa shape index (κ2) is 2.81. The van der Waals surface area contributed by atoms with E-state index in [1.54, 1.807) is 0 Å². The van der Waals surface area contributed by atoms with Gasteiger partial charge in [-0.2, -0.15) is 0 Å². The van der Waals surface area contributed by atoms with E-state index in [2.05, 4.69) is 12.1 Å². The van der Waals surface area contributed by atoms with Crippen molar-refractivity contribution >= 4 is 10.8 Å². The topological polar surface area (TPSA) is 22.0 Å². The highest BCUT2D eigenvalue weighted by atomic mass is 16.1. The molecule has 3 aliphatic rings. The number of hydrogen-bond donors (Lipinski definition) is 0. The molecule has 0 N–H and O–H groups in total. The van der Waals surface area contributed by atoms with Gasteiger partial charge in [0.1, 0.15) is 0 Å². The molecular formula is C15H15NO. The van der Waals surface area contributed by atoms with Crippen LogP contribution in [0.3, 0.4) is 0 Å². The van der Waals surface area contributed by atoms with E-state index in [1.807, 2.05) is 29.8 Å². The second-order valence-electron chi connectivity index (χ2n) is 5.78. The maximum Gasteiger partial charge on any atom is 0.258 e. The first-order chi connectivity index (χ1) is 8.18. The number of rotatable bonds is 1. The van der Waals surface area contributed by atoms with Crippen LogP contribution < -0.4 is 5.56 Å². The van der Waals surface area contributed by atoms with Gasteiger partial charge in [-0.3, -0.25) is 4.79 Å². The summed E-state index contributed by atoms with van der Waals surface area (Å²) >= 11 is 0. The van der Waals surface area contributed by atoms with Crippen molar-refractivity contribution in [2.75, 3.05) is 0 Å². The summed E-state index contributed by atoms with van der Waals surface area (Å²) in [6, 6.07) is 8.20. The van der Waals surface area contributed by atoms with Crippen LogP contribution in [0.15, 0.2) is 35.3 Å². The smallest absolute Gasteiger partial charge is 0.258 e. The molecule has 1 heterocycles. The lowest BCUT2D eigenvalue weighted by atomic mass is 9.49. The first kappa shape index (κ1) is 9.46. The number of aryl methyl sites for hydroxylation is 1. The van der Waals surface area contributed by atoms with Gasteiger partial charge in [-0.15, -0.1) is 0 Å². The van der Waals surface area contributed by atoms with E-state index in [9.17, 15) is 4.79 Å². The minimum atomic E-state index is 0.194. The second-order valence-corrected chi connectivity index (χ2v) is 5.78. The fourth-order valence-corrected chi connectivity index (χ4v) is 3.45. The molecule has 17 heavy (non-hydrogen) atoms. The minimum absolute atomic E-state index is 0.194. The summed E-state index contributed by atoms with van der Waals surface area (Å²) in [5.74, 6) is 0.898. The molecule has 0 amide bonds. The zero-order valence-corrected chi connectivity index (χ0v) is 9.94. The molecule has 0 saturated heterocycles. The van der Waals surface area contributed by atoms with Gasteiger partial charge in [0.05, 0.1) is 0 Å². The van der Waals surface area contributed by atoms with Crippen LogP contribution in [0, 0.1) is 12.8 Å². The molecule has 1 aromatic heterocycles. The Kier molecular flexibility index (Phi) is 1.56. The van der Waals surface area contributed by atoms with Crippen molar-refractivity contribution in [3.63, 3.8) is 0 Å². The number of fused-ring (bicyclic) bond motifs is 1. The van der Waals surface area contributed by atoms with Crippen molar-refractivity contribution in [3.8, 4) is 0 Å². The molecular weight excluding hydrogens is 210 g/mol. The highest BCUT2D eigenvalue weighted by Crippen LogP contribution is 2.61. The van der Waals surface area contributed by atoms with E-state index < -0.39 is 0 Å². The van der Waals surface area contributed by atoms with Gasteiger partial charge in [0.25, 0.3) is 5.56 Å². The maximum atomic E-state index is 12.5. The quantitative estimate of drug-likeness (QED) is 0.731. The van der Waals surface area contributed by atoms with E-state index in [0.717, 1.165) is 22.3 Å². The highest BCUT2D eigenvalue weighted by molar-refractivity contribution is 5.82. The number of benzene rings is 1. The molecule has 0 radical (unpaired) electrons. The van der Waals surface area contributed by atoms with E-state index >= 15 is 0 Å². The Balaban J connectivity index is 2.00. The van der Waals surface area contributed by atoms with E-state index in [-0.39, 0.29) is 11.1 Å². The fourth-order valence-electron chi connectivity index (χ4n) is 3.45. The van der Waals surface area contributed by atoms with Crippen molar-refractivity contribution in [2.24, 2.45) is 5.92 Å². The average molecular weight is 225 g/mol. The summed E-state index contributed by atoms with van der Waals surface area (Å²) in [5, 5.41) is 1.93. The SMILES string of the molecule is Cc1ccc2ccn(C34CC(C3)C4)c(=O)c2c1. The fraction of sp³-hybridized carbons (Fsp3) is 0.400. The Bertz CT molecular complexity index is 666. The highest BCUT2D eigenvalue weighted by Gasteiger charge is 2.58. The van der Waals surface area contributed by atoms with E-state index in [4.69, 9.17) is 0 Å². The van der Waals surface area contributed by atoms with Crippen molar-refractivity contribution in [1.29, 1.82) is 0 Å². The van der Waals surface area contributed by atoms with Crippen molar-refractivity contribution in [2.45, 2.75) is 31.7 Å². The molecule has 1 aromatic carbocycles. The zero-order chi connectivity index (χ0) is 11.6. The van der Waals surface area contributed by atoms with Crippen LogP contribution >= 0.6 is 0 Å². The summed E-state index contributed by atoms with van der Waals surface area (Å²) in [5.41, 5.74) is 1.55. The molecule has 3 fully saturated rings. The minimum Gasteiger partial charge on any atom is -0.309 e. The van der Waals surface area contributed by atoms with Crippen LogP contribution in [0.5, 0.6) is 0 Å². The number of nitrogens with zero attached hydrogens (tertiary/aromatic N) is 1. The number of hydrogen-bond acceptors (Lipinski definition) is 1. The summed E-state index contributed by atoms with van der Waals surface area (Å²) in [4.78, 5) is 12.5. The van der Waals surface area contributed by atoms with Crippen molar-refractivity contribution in [1.82, 2.24) is 4.57 Å². The van der Waals surface area contributed by atoms with E-state index in [0.29, 0.717) is 0 Å². The summed E-state index contributed by atoms with van der Waals surface area (Å²) in [7, 11) is 0. The van der Waals surface area contributed by atoms with Gasteiger partial charge in [-0.25, -0.2) is 0 Å². The van der Waals surface area contributed by atoms with Gasteiger partial charge in [0.15, 0.2) is 0 Å². The van der Waals surface area contributed by atoms with Crippen molar-refractivity contribution < 1.29 is 0 Å². The Labute approximate surface area is 99.9 Å². The third kappa shape index (κ3) is 1.08. The summed E-state index contributed by atoms with van der Waals surface area (Å²) in [6.45, 7) is 2.04. The molecule has 2 aromatic rings. The predicted octanol–water partition coefficient (Wildman–Crippen LogP) is 2.82. The van der Waals surface area contributed by atoms with Crippen LogP contribution in [0.25, 0.3) is 10.8 Å². The van der Waals surface area contributed by atoms with Crippen LogP contribution in [0.2, 0.25) is 0 Å². The van der Waals surface area contributed by atoms with Gasteiger partial charge in [-0.05, 0) is 49.6 Å². The molecule has 3 saturated carbocycles. The lowest BCUT2D eigenvalue weighted by Crippen LogP contribution is -2.61. The van der Waals surface area contributed by atoms with Crippen LogP contribution in [0.4, 0.5) is 0 Å². The molecule has 86 valence electrons. The number of pyridine rings is 1. The molecule has 5 rings (SSSR count). The first-order valence-corrected chi connectivity index (χ1v) is 6.30. The molecule has 0 unspecified atom stereocenters. The lowest BCUT2D eigenvalue weighted by molar-refractivity contribution is -0.0910. The number of aromatic nitrogens is 1. The average Bonchev–Trinajstić information content (AvgIpc) is 2.18. The Morgan fingerprint density at radius 2 is 2.00 bits per heavy atom. The van der Waals surface area contributed by atoms with E-state index in [1.165, 1.54) is 19.3 Å². The maximum absolute atomic E-state index is 12.5. The van der Waals surface area contributed by atoms with Gasteiger partial charge >= 0.3 is 0 Å². The van der Waals surface area contributed by atoms with Crippen LogP contribution in [-0.2, 0) is 5.54 Å². The van der Waals surface area contributed by atoms with Crippen LogP contribution in [-0.4, -0.2) is 4.57 Å². The molecule has 0 aliphatic heterocycles. The molecule has 2 heteroatoms. The molecule has 3 aliphatic carbocycles. The Morgan fingerprint density at radius 1 is 1.24 bits per heavy atom. The zero-order valence-electron chi connectivity index (χ0n) is 9.94. The largest absolute Gasteiger partial charge is 0.309 e. The van der Waals surface area contributed by atoms with Gasteiger partial charge in [0.2, 0.25) is 0 Å². The first-order valence-electron chi connectivity index (χ1n) is 6.30. The predicted molar refractivity (Wildman–Crippen MR) is 68.3 cm³/mol. The standard InChI is InChI=1S/C15H15NO/c1-10-2-3-12-4-5-16(14(17)13(12)6-10)15-7-11(8-15)9-15/h2-6,11H,7-9H2,1H3. The van der Waals surface area contributed by atoms with Gasteiger partial charge in [-0.1, -0.05) is 17.7 Å². The van der Waals surface area contributed by atoms with Crippen molar-refractivity contribution in [3.05, 3.63) is 46.4 Å². The third-order valence-electron chi connectivity index (χ3n) is 4.58. The molecule has 0 atom stereocenters. The van der Waals surface area contributed by atoms with Gasteiger partial charge < -0.3 is 4.57 Å².